The Labute approximate surface area is 204 Å². The van der Waals surface area contributed by atoms with E-state index in [1.807, 2.05) is 61.0 Å². The summed E-state index contributed by atoms with van der Waals surface area (Å²) in [5.41, 5.74) is 24.5. The molecule has 0 spiro atoms. The van der Waals surface area contributed by atoms with Crippen LogP contribution < -0.4 is 37.6 Å². The summed E-state index contributed by atoms with van der Waals surface area (Å²) in [5, 5.41) is 6.46. The molecule has 0 aliphatic carbocycles. The van der Waals surface area contributed by atoms with Crippen molar-refractivity contribution in [3.8, 4) is 0 Å². The Bertz CT molecular complexity index is 1210. The minimum absolute atomic E-state index is 0.106. The number of hydrogen-bond acceptors (Lipinski definition) is 10. The highest BCUT2D eigenvalue weighted by atomic mass is 15.2. The van der Waals surface area contributed by atoms with Crippen LogP contribution in [-0.4, -0.2) is 28.0 Å². The van der Waals surface area contributed by atoms with E-state index in [2.05, 4.69) is 49.2 Å². The molecular weight excluding hydrogens is 440 g/mol. The molecule has 8 N–H and O–H groups in total. The smallest absolute Gasteiger partial charge is 0.233 e. The normalized spacial score (nSPS) is 18.3. The molecule has 3 aromatic rings. The third-order valence-electron chi connectivity index (χ3n) is 6.19. The minimum atomic E-state index is -0.177. The molecule has 3 heterocycles. The van der Waals surface area contributed by atoms with E-state index in [0.29, 0.717) is 11.9 Å². The zero-order valence-corrected chi connectivity index (χ0v) is 19.8. The van der Waals surface area contributed by atoms with Crippen LogP contribution in [0.4, 0.5) is 40.6 Å². The summed E-state index contributed by atoms with van der Waals surface area (Å²) in [6.45, 7) is 5.93. The first-order valence-electron chi connectivity index (χ1n) is 11.7. The van der Waals surface area contributed by atoms with Crippen LogP contribution in [-0.2, 0) is 0 Å². The highest BCUT2D eigenvalue weighted by Crippen LogP contribution is 2.35. The molecule has 2 aromatic carbocycles. The highest BCUT2D eigenvalue weighted by Gasteiger charge is 2.19. The lowest BCUT2D eigenvalue weighted by Crippen LogP contribution is -2.24. The van der Waals surface area contributed by atoms with E-state index in [1.54, 1.807) is 0 Å². The number of nitrogens with one attached hydrogen (secondary N) is 2. The quantitative estimate of drug-likeness (QED) is 0.361. The van der Waals surface area contributed by atoms with Crippen LogP contribution >= 0.6 is 0 Å². The number of fused-ring (bicyclic) bond motifs is 2. The topological polar surface area (TPSA) is 147 Å². The van der Waals surface area contributed by atoms with E-state index in [9.17, 15) is 0 Å². The van der Waals surface area contributed by atoms with E-state index >= 15 is 0 Å². The van der Waals surface area contributed by atoms with Gasteiger partial charge in [0.2, 0.25) is 17.8 Å². The molecule has 10 nitrogen and oxygen atoms in total. The first-order valence-corrected chi connectivity index (χ1v) is 11.7. The van der Waals surface area contributed by atoms with Crippen LogP contribution in [0.3, 0.4) is 0 Å². The number of benzene rings is 2. The second kappa shape index (κ2) is 9.24. The average Bonchev–Trinajstić information content (AvgIpc) is 2.85. The second-order valence-corrected chi connectivity index (χ2v) is 8.44. The molecule has 2 aliphatic rings. The SMILES string of the molecule is CCN1C=CC(N)c2cc(Nc3nc(N)nc(Nc4ccc5c(c4)C(N)C=CN5CC)n3)ccc21. The average molecular weight is 471 g/mol. The Kier molecular flexibility index (Phi) is 5.98. The van der Waals surface area contributed by atoms with Crippen LogP contribution in [0.1, 0.15) is 37.1 Å². The molecule has 0 fully saturated rings. The van der Waals surface area contributed by atoms with Gasteiger partial charge in [-0.2, -0.15) is 15.0 Å². The number of nitrogen functional groups attached to an aromatic ring is 1. The van der Waals surface area contributed by atoms with Gasteiger partial charge in [0.05, 0.1) is 12.1 Å². The van der Waals surface area contributed by atoms with Crippen LogP contribution in [0.15, 0.2) is 61.0 Å². The summed E-state index contributed by atoms with van der Waals surface area (Å²) < 4.78 is 0. The molecule has 0 saturated heterocycles. The Morgan fingerprint density at radius 1 is 0.743 bits per heavy atom. The standard InChI is InChI=1S/C25H30N10/c1-3-34-11-9-19(26)17-13-15(5-7-21(17)34)29-24-31-23(28)32-25(33-24)30-16-6-8-22-18(14-16)20(27)10-12-35(22)4-2/h5-14,19-20H,3-4,26-27H2,1-2H3,(H4,28,29,30,31,32,33). The van der Waals surface area contributed by atoms with Gasteiger partial charge in [0.25, 0.3) is 0 Å². The largest absolute Gasteiger partial charge is 0.368 e. The van der Waals surface area contributed by atoms with E-state index < -0.39 is 0 Å². The molecule has 0 radical (unpaired) electrons. The molecule has 5 rings (SSSR count). The van der Waals surface area contributed by atoms with Crippen molar-refractivity contribution in [2.75, 3.05) is 39.3 Å². The van der Waals surface area contributed by atoms with Gasteiger partial charge in [-0.25, -0.2) is 0 Å². The van der Waals surface area contributed by atoms with Crippen LogP contribution in [0.25, 0.3) is 0 Å². The summed E-state index contributed by atoms with van der Waals surface area (Å²) in [5.74, 6) is 0.776. The van der Waals surface area contributed by atoms with Crippen molar-refractivity contribution in [1.29, 1.82) is 0 Å². The van der Waals surface area contributed by atoms with E-state index in [1.165, 1.54) is 0 Å². The summed E-state index contributed by atoms with van der Waals surface area (Å²) in [6, 6.07) is 11.7. The maximum Gasteiger partial charge on any atom is 0.233 e. The molecule has 0 saturated carbocycles. The maximum atomic E-state index is 6.31. The van der Waals surface area contributed by atoms with Gasteiger partial charge < -0.3 is 37.6 Å². The van der Waals surface area contributed by atoms with E-state index in [-0.39, 0.29) is 18.0 Å². The lowest BCUT2D eigenvalue weighted by Gasteiger charge is -2.28. The van der Waals surface area contributed by atoms with Crippen molar-refractivity contribution in [3.05, 3.63) is 72.1 Å². The molecule has 2 atom stereocenters. The molecule has 2 unspecified atom stereocenters. The van der Waals surface area contributed by atoms with Gasteiger partial charge in [0, 0.05) is 48.2 Å². The van der Waals surface area contributed by atoms with Crippen LogP contribution in [0.5, 0.6) is 0 Å². The van der Waals surface area contributed by atoms with E-state index in [4.69, 9.17) is 17.2 Å². The van der Waals surface area contributed by atoms with Crippen molar-refractivity contribution in [3.63, 3.8) is 0 Å². The highest BCUT2D eigenvalue weighted by molar-refractivity contribution is 5.70. The number of rotatable bonds is 6. The predicted molar refractivity (Wildman–Crippen MR) is 142 cm³/mol. The van der Waals surface area contributed by atoms with Crippen LogP contribution in [0.2, 0.25) is 0 Å². The Hall–Kier alpha value is -4.15. The molecule has 180 valence electrons. The Morgan fingerprint density at radius 2 is 1.20 bits per heavy atom. The first-order chi connectivity index (χ1) is 16.9. The fourth-order valence-corrected chi connectivity index (χ4v) is 4.40. The fourth-order valence-electron chi connectivity index (χ4n) is 4.40. The number of anilines is 7. The van der Waals surface area contributed by atoms with Gasteiger partial charge in [-0.15, -0.1) is 0 Å². The lowest BCUT2D eigenvalue weighted by atomic mass is 10.0. The summed E-state index contributed by atoms with van der Waals surface area (Å²) in [4.78, 5) is 17.3. The van der Waals surface area contributed by atoms with E-state index in [0.717, 1.165) is 47.0 Å². The molecule has 10 heteroatoms. The number of nitrogens with two attached hydrogens (primary N) is 3. The Morgan fingerprint density at radius 3 is 1.63 bits per heavy atom. The fraction of sp³-hybridized carbons (Fsp3) is 0.240. The third-order valence-corrected chi connectivity index (χ3v) is 6.19. The monoisotopic (exact) mass is 470 g/mol. The van der Waals surface area contributed by atoms with Gasteiger partial charge in [-0.1, -0.05) is 0 Å². The van der Waals surface area contributed by atoms with Crippen molar-refractivity contribution in [1.82, 2.24) is 15.0 Å². The van der Waals surface area contributed by atoms with Crippen molar-refractivity contribution < 1.29 is 0 Å². The zero-order chi connectivity index (χ0) is 24.5. The first kappa shape index (κ1) is 22.6. The van der Waals surface area contributed by atoms with Crippen molar-refractivity contribution in [2.45, 2.75) is 25.9 Å². The number of hydrogen-bond donors (Lipinski definition) is 5. The minimum Gasteiger partial charge on any atom is -0.368 e. The molecule has 2 aliphatic heterocycles. The van der Waals surface area contributed by atoms with Crippen molar-refractivity contribution in [2.24, 2.45) is 11.5 Å². The predicted octanol–water partition coefficient (Wildman–Crippen LogP) is 3.65. The van der Waals surface area contributed by atoms with Gasteiger partial charge >= 0.3 is 0 Å². The van der Waals surface area contributed by atoms with Gasteiger partial charge in [0.15, 0.2) is 0 Å². The zero-order valence-electron chi connectivity index (χ0n) is 19.8. The third kappa shape index (κ3) is 4.48. The maximum absolute atomic E-state index is 6.31. The van der Waals surface area contributed by atoms with Gasteiger partial charge in [-0.3, -0.25) is 0 Å². The second-order valence-electron chi connectivity index (χ2n) is 8.44. The summed E-state index contributed by atoms with van der Waals surface area (Å²) in [7, 11) is 0. The molecule has 35 heavy (non-hydrogen) atoms. The van der Waals surface area contributed by atoms with Crippen LogP contribution in [0, 0.1) is 0 Å². The van der Waals surface area contributed by atoms with Crippen molar-refractivity contribution >= 4 is 40.6 Å². The molecule has 0 bridgehead atoms. The Balaban J connectivity index is 1.38. The number of nitrogens with zero attached hydrogens (tertiary/aromatic N) is 5. The molecule has 0 amide bonds. The summed E-state index contributed by atoms with van der Waals surface area (Å²) in [6.07, 6.45) is 8.01. The molecule has 1 aromatic heterocycles. The summed E-state index contributed by atoms with van der Waals surface area (Å²) >= 11 is 0. The van der Waals surface area contributed by atoms with Gasteiger partial charge in [0.1, 0.15) is 0 Å². The van der Waals surface area contributed by atoms with Gasteiger partial charge in [-0.05, 0) is 73.5 Å². The lowest BCUT2D eigenvalue weighted by molar-refractivity contribution is 0.853. The molecular formula is C25H30N10. The number of aromatic nitrogens is 3.